The van der Waals surface area contributed by atoms with Gasteiger partial charge in [0.2, 0.25) is 0 Å². The number of nitrogens with zero attached hydrogens (tertiary/aromatic N) is 2. The van der Waals surface area contributed by atoms with E-state index >= 15 is 0 Å². The van der Waals surface area contributed by atoms with Crippen LogP contribution in [0.25, 0.3) is 0 Å². The number of piperazine rings is 1. The first kappa shape index (κ1) is 17.6. The summed E-state index contributed by atoms with van der Waals surface area (Å²) in [7, 11) is 0. The lowest BCUT2D eigenvalue weighted by molar-refractivity contribution is -0.122. The first-order valence-corrected chi connectivity index (χ1v) is 9.12. The molecule has 0 aliphatic carbocycles. The third-order valence-electron chi connectivity index (χ3n) is 5.06. The second kappa shape index (κ2) is 7.08. The fourth-order valence-corrected chi connectivity index (χ4v) is 3.53. The van der Waals surface area contributed by atoms with Gasteiger partial charge >= 0.3 is 0 Å². The van der Waals surface area contributed by atoms with Crippen molar-refractivity contribution in [1.82, 2.24) is 4.90 Å². The molecule has 2 heterocycles. The standard InChI is InChI=1S/C20H23FN4O2/c1-13-20(26)23-18-11-14(10-17(21)19(18)27-13)12-24-6-8-25(9-7-24)16-4-2-15(22)3-5-16/h2-5,10-11,13H,6-9,12,22H2,1H3,(H,23,26). The summed E-state index contributed by atoms with van der Waals surface area (Å²) in [5.41, 5.74) is 8.91. The van der Waals surface area contributed by atoms with Gasteiger partial charge in [-0.2, -0.15) is 0 Å². The Morgan fingerprint density at radius 2 is 1.89 bits per heavy atom. The van der Waals surface area contributed by atoms with Crippen LogP contribution in [0.3, 0.4) is 0 Å². The van der Waals surface area contributed by atoms with Crippen LogP contribution in [-0.4, -0.2) is 43.1 Å². The van der Waals surface area contributed by atoms with Crippen molar-refractivity contribution in [2.45, 2.75) is 19.6 Å². The highest BCUT2D eigenvalue weighted by Gasteiger charge is 2.27. The fraction of sp³-hybridized carbons (Fsp3) is 0.350. The zero-order valence-corrected chi connectivity index (χ0v) is 15.2. The lowest BCUT2D eigenvalue weighted by atomic mass is 10.1. The largest absolute Gasteiger partial charge is 0.476 e. The maximum atomic E-state index is 14.4. The molecule has 2 aromatic carbocycles. The Morgan fingerprint density at radius 3 is 2.59 bits per heavy atom. The molecule has 6 nitrogen and oxygen atoms in total. The van der Waals surface area contributed by atoms with Gasteiger partial charge in [0.05, 0.1) is 5.69 Å². The third-order valence-corrected chi connectivity index (χ3v) is 5.06. The van der Waals surface area contributed by atoms with Crippen molar-refractivity contribution in [3.8, 4) is 5.75 Å². The van der Waals surface area contributed by atoms with E-state index in [4.69, 9.17) is 10.5 Å². The predicted octanol–water partition coefficient (Wildman–Crippen LogP) is 2.45. The van der Waals surface area contributed by atoms with Crippen molar-refractivity contribution in [3.05, 3.63) is 47.8 Å². The Labute approximate surface area is 157 Å². The highest BCUT2D eigenvalue weighted by atomic mass is 19.1. The van der Waals surface area contributed by atoms with E-state index < -0.39 is 11.9 Å². The SMILES string of the molecule is CC1Oc2c(F)cc(CN3CCN(c4ccc(N)cc4)CC3)cc2NC1=O. The molecule has 0 radical (unpaired) electrons. The third kappa shape index (κ3) is 3.68. The van der Waals surface area contributed by atoms with Crippen LogP contribution >= 0.6 is 0 Å². The van der Waals surface area contributed by atoms with Gasteiger partial charge in [-0.1, -0.05) is 0 Å². The number of hydrogen-bond donors (Lipinski definition) is 2. The molecule has 0 bridgehead atoms. The molecule has 1 amide bonds. The van der Waals surface area contributed by atoms with Gasteiger partial charge in [0.25, 0.3) is 5.91 Å². The minimum absolute atomic E-state index is 0.124. The van der Waals surface area contributed by atoms with Crippen LogP contribution in [0, 0.1) is 5.82 Å². The number of carbonyl (C=O) groups is 1. The van der Waals surface area contributed by atoms with Gasteiger partial charge in [-0.25, -0.2) is 4.39 Å². The average Bonchev–Trinajstić information content (AvgIpc) is 2.65. The molecule has 2 aromatic rings. The second-order valence-corrected chi connectivity index (χ2v) is 7.06. The number of carbonyl (C=O) groups excluding carboxylic acids is 1. The molecular weight excluding hydrogens is 347 g/mol. The summed E-state index contributed by atoms with van der Waals surface area (Å²) in [5, 5.41) is 2.72. The Hall–Kier alpha value is -2.80. The lowest BCUT2D eigenvalue weighted by Crippen LogP contribution is -2.46. The van der Waals surface area contributed by atoms with Gasteiger partial charge < -0.3 is 20.7 Å². The molecule has 7 heteroatoms. The number of benzene rings is 2. The molecule has 3 N–H and O–H groups in total. The zero-order chi connectivity index (χ0) is 19.0. The molecular formula is C20H23FN4O2. The Bertz CT molecular complexity index is 848. The molecule has 1 atom stereocenters. The fourth-order valence-electron chi connectivity index (χ4n) is 3.53. The van der Waals surface area contributed by atoms with E-state index in [0.29, 0.717) is 12.2 Å². The average molecular weight is 370 g/mol. The van der Waals surface area contributed by atoms with Crippen molar-refractivity contribution < 1.29 is 13.9 Å². The number of nitrogen functional groups attached to an aromatic ring is 1. The molecule has 0 spiro atoms. The van der Waals surface area contributed by atoms with Gasteiger partial charge in [0.15, 0.2) is 17.7 Å². The first-order valence-electron chi connectivity index (χ1n) is 9.12. The van der Waals surface area contributed by atoms with Crippen molar-refractivity contribution in [1.29, 1.82) is 0 Å². The number of anilines is 3. The highest BCUT2D eigenvalue weighted by Crippen LogP contribution is 2.34. The smallest absolute Gasteiger partial charge is 0.265 e. The van der Waals surface area contributed by atoms with Gasteiger partial charge in [-0.3, -0.25) is 9.69 Å². The van der Waals surface area contributed by atoms with Gasteiger partial charge in [0, 0.05) is 44.1 Å². The molecule has 0 aromatic heterocycles. The van der Waals surface area contributed by atoms with Crippen LogP contribution in [0.15, 0.2) is 36.4 Å². The van der Waals surface area contributed by atoms with Crippen molar-refractivity contribution >= 4 is 23.0 Å². The lowest BCUT2D eigenvalue weighted by Gasteiger charge is -2.36. The van der Waals surface area contributed by atoms with Gasteiger partial charge in [-0.15, -0.1) is 0 Å². The normalized spacial score (nSPS) is 20.0. The van der Waals surface area contributed by atoms with Crippen molar-refractivity contribution in [2.75, 3.05) is 42.1 Å². The minimum Gasteiger partial charge on any atom is -0.476 e. The number of rotatable bonds is 3. The first-order chi connectivity index (χ1) is 13.0. The number of nitrogens with two attached hydrogens (primary N) is 1. The zero-order valence-electron chi connectivity index (χ0n) is 15.2. The van der Waals surface area contributed by atoms with Crippen molar-refractivity contribution in [3.63, 3.8) is 0 Å². The quantitative estimate of drug-likeness (QED) is 0.812. The van der Waals surface area contributed by atoms with Crippen LogP contribution < -0.4 is 20.7 Å². The van der Waals surface area contributed by atoms with E-state index in [9.17, 15) is 9.18 Å². The molecule has 1 saturated heterocycles. The van der Waals surface area contributed by atoms with E-state index in [2.05, 4.69) is 15.1 Å². The molecule has 142 valence electrons. The number of fused-ring (bicyclic) bond motifs is 1. The topological polar surface area (TPSA) is 70.8 Å². The summed E-state index contributed by atoms with van der Waals surface area (Å²) in [4.78, 5) is 16.4. The van der Waals surface area contributed by atoms with E-state index in [1.165, 1.54) is 6.07 Å². The number of halogens is 1. The summed E-state index contributed by atoms with van der Waals surface area (Å²) in [6, 6.07) is 11.2. The maximum Gasteiger partial charge on any atom is 0.265 e. The minimum atomic E-state index is -0.681. The Balaban J connectivity index is 1.41. The molecule has 1 fully saturated rings. The predicted molar refractivity (Wildman–Crippen MR) is 103 cm³/mol. The summed E-state index contributed by atoms with van der Waals surface area (Å²) in [6.45, 7) is 5.78. The molecule has 1 unspecified atom stereocenters. The Morgan fingerprint density at radius 1 is 1.19 bits per heavy atom. The molecule has 2 aliphatic rings. The number of hydrogen-bond acceptors (Lipinski definition) is 5. The summed E-state index contributed by atoms with van der Waals surface area (Å²) in [5.74, 6) is -0.565. The highest BCUT2D eigenvalue weighted by molar-refractivity contribution is 5.97. The van der Waals surface area contributed by atoms with E-state index in [-0.39, 0.29) is 11.7 Å². The Kier molecular flexibility index (Phi) is 4.61. The second-order valence-electron chi connectivity index (χ2n) is 7.06. The monoisotopic (exact) mass is 370 g/mol. The van der Waals surface area contributed by atoms with Crippen LogP contribution in [0.2, 0.25) is 0 Å². The van der Waals surface area contributed by atoms with Crippen LogP contribution in [0.1, 0.15) is 12.5 Å². The van der Waals surface area contributed by atoms with Gasteiger partial charge in [-0.05, 0) is 48.9 Å². The molecule has 27 heavy (non-hydrogen) atoms. The number of amides is 1. The van der Waals surface area contributed by atoms with Crippen LogP contribution in [0.4, 0.5) is 21.5 Å². The molecule has 4 rings (SSSR count). The van der Waals surface area contributed by atoms with Gasteiger partial charge in [0.1, 0.15) is 0 Å². The van der Waals surface area contributed by atoms with Crippen LogP contribution in [0.5, 0.6) is 5.75 Å². The summed E-state index contributed by atoms with van der Waals surface area (Å²) >= 11 is 0. The van der Waals surface area contributed by atoms with E-state index in [1.54, 1.807) is 13.0 Å². The maximum absolute atomic E-state index is 14.4. The van der Waals surface area contributed by atoms with Crippen molar-refractivity contribution in [2.24, 2.45) is 0 Å². The summed E-state index contributed by atoms with van der Waals surface area (Å²) < 4.78 is 19.8. The summed E-state index contributed by atoms with van der Waals surface area (Å²) in [6.07, 6.45) is -0.681. The number of nitrogens with one attached hydrogen (secondary N) is 1. The van der Waals surface area contributed by atoms with E-state index in [1.807, 2.05) is 24.3 Å². The number of ether oxygens (including phenoxy) is 1. The van der Waals surface area contributed by atoms with Crippen LogP contribution in [-0.2, 0) is 11.3 Å². The molecule has 0 saturated carbocycles. The van der Waals surface area contributed by atoms with E-state index in [0.717, 1.165) is 43.1 Å². The molecule has 2 aliphatic heterocycles.